The number of nitrogens with zero attached hydrogens (tertiary/aromatic N) is 4. The molecular weight excluding hydrogens is 380 g/mol. The first kappa shape index (κ1) is 20.6. The van der Waals surface area contributed by atoms with Crippen LogP contribution in [0.3, 0.4) is 0 Å². The molecule has 6 nitrogen and oxygen atoms in total. The van der Waals surface area contributed by atoms with E-state index in [-0.39, 0.29) is 35.1 Å². The van der Waals surface area contributed by atoms with Crippen LogP contribution in [0.4, 0.5) is 4.39 Å². The number of aromatic nitrogens is 3. The van der Waals surface area contributed by atoms with Gasteiger partial charge in [-0.3, -0.25) is 4.79 Å². The van der Waals surface area contributed by atoms with Gasteiger partial charge in [-0.05, 0) is 43.9 Å². The molecule has 0 radical (unpaired) electrons. The molecule has 2 heterocycles. The molecular formula is C17H22Cl2FN5O. The lowest BCUT2D eigenvalue weighted by Crippen LogP contribution is -2.49. The van der Waals surface area contributed by atoms with E-state index in [1.807, 2.05) is 0 Å². The van der Waals surface area contributed by atoms with Crippen LogP contribution >= 0.6 is 24.0 Å². The fraction of sp³-hybridized carbons (Fsp3) is 0.471. The second kappa shape index (κ2) is 8.33. The highest BCUT2D eigenvalue weighted by atomic mass is 35.5. The minimum atomic E-state index is -0.507. The molecule has 2 unspecified atom stereocenters. The van der Waals surface area contributed by atoms with Gasteiger partial charge in [0.15, 0.2) is 5.69 Å². The molecule has 2 N–H and O–H groups in total. The Morgan fingerprint density at radius 2 is 2.19 bits per heavy atom. The molecule has 2 aromatic rings. The van der Waals surface area contributed by atoms with Crippen molar-refractivity contribution in [3.05, 3.63) is 40.4 Å². The molecule has 1 amide bonds. The van der Waals surface area contributed by atoms with Crippen molar-refractivity contribution in [3.8, 4) is 5.69 Å². The lowest BCUT2D eigenvalue weighted by Gasteiger charge is -2.37. The van der Waals surface area contributed by atoms with Gasteiger partial charge in [0.2, 0.25) is 0 Å². The molecule has 1 aliphatic rings. The van der Waals surface area contributed by atoms with E-state index in [9.17, 15) is 9.18 Å². The molecule has 1 aromatic heterocycles. The van der Waals surface area contributed by atoms with Gasteiger partial charge >= 0.3 is 0 Å². The Bertz CT molecular complexity index is 797. The van der Waals surface area contributed by atoms with E-state index in [2.05, 4.69) is 17.2 Å². The summed E-state index contributed by atoms with van der Waals surface area (Å²) in [5.41, 5.74) is 7.28. The highest BCUT2D eigenvalue weighted by Crippen LogP contribution is 2.25. The van der Waals surface area contributed by atoms with Gasteiger partial charge in [-0.15, -0.1) is 17.5 Å². The summed E-state index contributed by atoms with van der Waals surface area (Å²) in [6, 6.07) is 4.28. The van der Waals surface area contributed by atoms with Crippen LogP contribution < -0.4 is 5.73 Å². The number of rotatable bonds is 3. The highest BCUT2D eigenvalue weighted by Gasteiger charge is 2.32. The molecule has 1 saturated heterocycles. The summed E-state index contributed by atoms with van der Waals surface area (Å²) in [5.74, 6) is -0.122. The normalized spacial score (nSPS) is 20.0. The summed E-state index contributed by atoms with van der Waals surface area (Å²) in [6.07, 6.45) is 1.84. The molecule has 1 aliphatic heterocycles. The van der Waals surface area contributed by atoms with E-state index < -0.39 is 5.82 Å². The zero-order valence-electron chi connectivity index (χ0n) is 14.7. The third kappa shape index (κ3) is 3.84. The van der Waals surface area contributed by atoms with Gasteiger partial charge in [0.05, 0.1) is 16.4 Å². The number of hydrogen-bond donors (Lipinski definition) is 1. The molecule has 0 spiro atoms. The van der Waals surface area contributed by atoms with E-state index in [4.69, 9.17) is 17.3 Å². The molecule has 2 atom stereocenters. The van der Waals surface area contributed by atoms with Gasteiger partial charge in [0.1, 0.15) is 5.82 Å². The monoisotopic (exact) mass is 401 g/mol. The second-order valence-corrected chi connectivity index (χ2v) is 6.96. The van der Waals surface area contributed by atoms with Gasteiger partial charge in [-0.1, -0.05) is 23.7 Å². The Morgan fingerprint density at radius 1 is 1.46 bits per heavy atom. The van der Waals surface area contributed by atoms with E-state index in [1.54, 1.807) is 17.9 Å². The number of piperidine rings is 1. The number of hydrogen-bond acceptors (Lipinski definition) is 4. The largest absolute Gasteiger partial charge is 0.333 e. The van der Waals surface area contributed by atoms with Gasteiger partial charge in [-0.25, -0.2) is 9.07 Å². The molecule has 26 heavy (non-hydrogen) atoms. The van der Waals surface area contributed by atoms with Crippen LogP contribution in [0.1, 0.15) is 35.9 Å². The van der Waals surface area contributed by atoms with Crippen molar-refractivity contribution in [1.82, 2.24) is 19.9 Å². The topological polar surface area (TPSA) is 77.0 Å². The first-order valence-electron chi connectivity index (χ1n) is 8.31. The van der Waals surface area contributed by atoms with Crippen molar-refractivity contribution in [3.63, 3.8) is 0 Å². The van der Waals surface area contributed by atoms with E-state index in [1.165, 1.54) is 16.8 Å². The number of carbonyl (C=O) groups is 1. The fourth-order valence-electron chi connectivity index (χ4n) is 3.27. The number of benzene rings is 1. The van der Waals surface area contributed by atoms with Crippen LogP contribution in [0.5, 0.6) is 0 Å². The third-order valence-corrected chi connectivity index (χ3v) is 5.05. The van der Waals surface area contributed by atoms with Crippen molar-refractivity contribution in [1.29, 1.82) is 0 Å². The van der Waals surface area contributed by atoms with Crippen molar-refractivity contribution in [2.75, 3.05) is 13.1 Å². The molecule has 0 saturated carbocycles. The van der Waals surface area contributed by atoms with Crippen molar-refractivity contribution < 1.29 is 9.18 Å². The average Bonchev–Trinajstić information content (AvgIpc) is 2.98. The van der Waals surface area contributed by atoms with Gasteiger partial charge in [-0.2, -0.15) is 0 Å². The molecule has 142 valence electrons. The van der Waals surface area contributed by atoms with Gasteiger partial charge in [0.25, 0.3) is 5.91 Å². The SMILES string of the molecule is Cc1c(C(=O)N2CCC(C)CC2CN)nnn1-c1ccc(F)c(Cl)c1.Cl. The molecule has 3 rings (SSSR count). The van der Waals surface area contributed by atoms with Crippen molar-refractivity contribution in [2.24, 2.45) is 11.7 Å². The Balaban J connectivity index is 0.00000243. The molecule has 0 aliphatic carbocycles. The lowest BCUT2D eigenvalue weighted by atomic mass is 9.92. The van der Waals surface area contributed by atoms with Crippen LogP contribution in [0.2, 0.25) is 5.02 Å². The number of carbonyl (C=O) groups excluding carboxylic acids is 1. The van der Waals surface area contributed by atoms with Crippen LogP contribution in [-0.2, 0) is 0 Å². The number of amides is 1. The Hall–Kier alpha value is -1.70. The maximum Gasteiger partial charge on any atom is 0.276 e. The minimum Gasteiger partial charge on any atom is -0.333 e. The quantitative estimate of drug-likeness (QED) is 0.857. The van der Waals surface area contributed by atoms with Crippen LogP contribution in [0.15, 0.2) is 18.2 Å². The first-order valence-corrected chi connectivity index (χ1v) is 8.69. The van der Waals surface area contributed by atoms with E-state index in [0.29, 0.717) is 30.4 Å². The smallest absolute Gasteiger partial charge is 0.276 e. The summed E-state index contributed by atoms with van der Waals surface area (Å²) in [5, 5.41) is 8.09. The standard InChI is InChI=1S/C17H21ClFN5O.ClH/c1-10-5-6-23(13(7-10)9-20)17(25)16-11(2)24(22-21-16)12-3-4-15(19)14(18)8-12;/h3-4,8,10,13H,5-7,9,20H2,1-2H3;1H. The Morgan fingerprint density at radius 3 is 2.85 bits per heavy atom. The summed E-state index contributed by atoms with van der Waals surface area (Å²) >= 11 is 5.83. The molecule has 1 aromatic carbocycles. The molecule has 9 heteroatoms. The summed E-state index contributed by atoms with van der Waals surface area (Å²) in [6.45, 7) is 5.02. The molecule has 0 bridgehead atoms. The maximum absolute atomic E-state index is 13.4. The third-order valence-electron chi connectivity index (χ3n) is 4.76. The first-order chi connectivity index (χ1) is 11.9. The lowest BCUT2D eigenvalue weighted by molar-refractivity contribution is 0.0566. The fourth-order valence-corrected chi connectivity index (χ4v) is 3.44. The summed E-state index contributed by atoms with van der Waals surface area (Å²) < 4.78 is 14.8. The number of likely N-dealkylation sites (tertiary alicyclic amines) is 1. The zero-order chi connectivity index (χ0) is 18.1. The minimum absolute atomic E-state index is 0. The average molecular weight is 402 g/mol. The van der Waals surface area contributed by atoms with Crippen LogP contribution in [0.25, 0.3) is 5.69 Å². The van der Waals surface area contributed by atoms with E-state index >= 15 is 0 Å². The zero-order valence-corrected chi connectivity index (χ0v) is 16.2. The van der Waals surface area contributed by atoms with E-state index in [0.717, 1.165) is 12.8 Å². The maximum atomic E-state index is 13.4. The van der Waals surface area contributed by atoms with Gasteiger partial charge in [0, 0.05) is 19.1 Å². The molecule has 1 fully saturated rings. The predicted molar refractivity (Wildman–Crippen MR) is 101 cm³/mol. The van der Waals surface area contributed by atoms with Gasteiger partial charge < -0.3 is 10.6 Å². The Kier molecular flexibility index (Phi) is 6.60. The second-order valence-electron chi connectivity index (χ2n) is 6.55. The Labute approximate surface area is 162 Å². The van der Waals surface area contributed by atoms with Crippen LogP contribution in [0, 0.1) is 18.7 Å². The number of halogens is 3. The number of nitrogens with two attached hydrogens (primary N) is 1. The predicted octanol–water partition coefficient (Wildman–Crippen LogP) is 2.99. The van der Waals surface area contributed by atoms with Crippen molar-refractivity contribution >= 4 is 29.9 Å². The highest BCUT2D eigenvalue weighted by molar-refractivity contribution is 6.30. The summed E-state index contributed by atoms with van der Waals surface area (Å²) in [7, 11) is 0. The van der Waals surface area contributed by atoms with Crippen molar-refractivity contribution in [2.45, 2.75) is 32.7 Å². The van der Waals surface area contributed by atoms with Crippen LogP contribution in [-0.4, -0.2) is 44.9 Å². The summed E-state index contributed by atoms with van der Waals surface area (Å²) in [4.78, 5) is 14.7.